The monoisotopic (exact) mass is 330 g/mol. The number of anilines is 2. The van der Waals surface area contributed by atoms with Crippen LogP contribution in [0.2, 0.25) is 0 Å². The molecule has 2 rings (SSSR count). The highest BCUT2D eigenvalue weighted by atomic mass is 32.2. The highest BCUT2D eigenvalue weighted by Crippen LogP contribution is 2.22. The Labute approximate surface area is 141 Å². The van der Waals surface area contributed by atoms with Crippen molar-refractivity contribution in [3.63, 3.8) is 0 Å². The minimum Gasteiger partial charge on any atom is -0.410 e. The number of carbonyl (C=O) groups is 1. The largest absolute Gasteiger partial charge is 0.417 e. The van der Waals surface area contributed by atoms with Gasteiger partial charge < -0.3 is 9.64 Å². The normalized spacial score (nSPS) is 10.2. The van der Waals surface area contributed by atoms with E-state index < -0.39 is 6.09 Å². The van der Waals surface area contributed by atoms with E-state index in [2.05, 4.69) is 24.1 Å². The molecule has 0 atom stereocenters. The highest BCUT2D eigenvalue weighted by Gasteiger charge is 2.08. The van der Waals surface area contributed by atoms with Crippen molar-refractivity contribution in [1.29, 1.82) is 0 Å². The number of nitrogens with zero attached hydrogens (tertiary/aromatic N) is 1. The van der Waals surface area contributed by atoms with Crippen LogP contribution in [-0.2, 0) is 0 Å². The first-order chi connectivity index (χ1) is 11.2. The van der Waals surface area contributed by atoms with E-state index >= 15 is 0 Å². The number of carbonyl (C=O) groups excluding carboxylic acids is 1. The zero-order valence-electron chi connectivity index (χ0n) is 13.7. The van der Waals surface area contributed by atoms with E-state index in [4.69, 9.17) is 4.74 Å². The van der Waals surface area contributed by atoms with E-state index in [-0.39, 0.29) is 0 Å². The smallest absolute Gasteiger partial charge is 0.410 e. The van der Waals surface area contributed by atoms with Crippen LogP contribution in [0.25, 0.3) is 0 Å². The molecular weight excluding hydrogens is 308 g/mol. The molecule has 1 N–H and O–H groups in total. The van der Waals surface area contributed by atoms with Gasteiger partial charge in [0.25, 0.3) is 0 Å². The topological polar surface area (TPSA) is 41.6 Å². The Kier molecular flexibility index (Phi) is 6.35. The van der Waals surface area contributed by atoms with Gasteiger partial charge in [-0.25, -0.2) is 4.79 Å². The summed E-state index contributed by atoms with van der Waals surface area (Å²) in [7, 11) is 0. The lowest BCUT2D eigenvalue weighted by Gasteiger charge is -2.21. The van der Waals surface area contributed by atoms with Gasteiger partial charge in [0.1, 0.15) is 5.75 Å². The Balaban J connectivity index is 2.00. The van der Waals surface area contributed by atoms with Gasteiger partial charge in [-0.2, -0.15) is 0 Å². The van der Waals surface area contributed by atoms with Gasteiger partial charge in [-0.15, -0.1) is 11.8 Å². The fourth-order valence-electron chi connectivity index (χ4n) is 2.26. The predicted octanol–water partition coefficient (Wildman–Crippen LogP) is 4.87. The summed E-state index contributed by atoms with van der Waals surface area (Å²) in [5, 5.41) is 2.73. The first kappa shape index (κ1) is 17.2. The van der Waals surface area contributed by atoms with Crippen molar-refractivity contribution in [1.82, 2.24) is 0 Å². The number of amides is 1. The van der Waals surface area contributed by atoms with Crippen molar-refractivity contribution in [3.8, 4) is 5.75 Å². The zero-order valence-corrected chi connectivity index (χ0v) is 14.5. The van der Waals surface area contributed by atoms with Crippen LogP contribution >= 0.6 is 11.8 Å². The first-order valence-corrected chi connectivity index (χ1v) is 8.86. The summed E-state index contributed by atoms with van der Waals surface area (Å²) < 4.78 is 5.37. The molecular formula is C18H22N2O2S. The molecule has 0 radical (unpaired) electrons. The summed E-state index contributed by atoms with van der Waals surface area (Å²) in [5.74, 6) is 0.535. The van der Waals surface area contributed by atoms with Crippen molar-refractivity contribution in [2.75, 3.05) is 29.6 Å². The van der Waals surface area contributed by atoms with E-state index in [0.717, 1.165) is 23.7 Å². The number of nitrogens with one attached hydrogen (secondary N) is 1. The molecule has 0 aliphatic heterocycles. The molecule has 0 saturated heterocycles. The van der Waals surface area contributed by atoms with Gasteiger partial charge in [0.15, 0.2) is 0 Å². The van der Waals surface area contributed by atoms with Crippen LogP contribution in [0, 0.1) is 0 Å². The molecule has 0 spiro atoms. The molecule has 0 aromatic heterocycles. The van der Waals surface area contributed by atoms with Crippen molar-refractivity contribution >= 4 is 29.2 Å². The lowest BCUT2D eigenvalue weighted by Crippen LogP contribution is -2.22. The number of hydrogen-bond acceptors (Lipinski definition) is 4. The van der Waals surface area contributed by atoms with Crippen molar-refractivity contribution in [2.24, 2.45) is 0 Å². The highest BCUT2D eigenvalue weighted by molar-refractivity contribution is 7.98. The van der Waals surface area contributed by atoms with Gasteiger partial charge in [0.2, 0.25) is 0 Å². The summed E-state index contributed by atoms with van der Waals surface area (Å²) in [6, 6.07) is 15.2. The van der Waals surface area contributed by atoms with Gasteiger partial charge in [0, 0.05) is 35.4 Å². The standard InChI is InChI=1S/C18H22N2O2S/c1-4-20(5-2)15-7-6-8-16(13-15)22-18(21)19-14-9-11-17(23-3)12-10-14/h6-13H,4-5H2,1-3H3,(H,19,21). The Bertz CT molecular complexity index is 640. The molecule has 0 heterocycles. The molecule has 0 unspecified atom stereocenters. The van der Waals surface area contributed by atoms with Crippen LogP contribution < -0.4 is 15.0 Å². The Morgan fingerprint density at radius 3 is 2.43 bits per heavy atom. The maximum absolute atomic E-state index is 12.0. The van der Waals surface area contributed by atoms with E-state index in [0.29, 0.717) is 11.4 Å². The maximum atomic E-state index is 12.0. The van der Waals surface area contributed by atoms with E-state index in [1.165, 1.54) is 0 Å². The predicted molar refractivity (Wildman–Crippen MR) is 97.9 cm³/mol. The molecule has 0 saturated carbocycles. The fraction of sp³-hybridized carbons (Fsp3) is 0.278. The third-order valence-corrected chi connectivity index (χ3v) is 4.24. The van der Waals surface area contributed by atoms with Crippen LogP contribution in [0.3, 0.4) is 0 Å². The Hall–Kier alpha value is -2.14. The van der Waals surface area contributed by atoms with Crippen LogP contribution in [0.5, 0.6) is 5.75 Å². The number of benzene rings is 2. The SMILES string of the molecule is CCN(CC)c1cccc(OC(=O)Nc2ccc(SC)cc2)c1. The quantitative estimate of drug-likeness (QED) is 0.768. The van der Waals surface area contributed by atoms with Gasteiger partial charge in [-0.3, -0.25) is 5.32 Å². The maximum Gasteiger partial charge on any atom is 0.417 e. The van der Waals surface area contributed by atoms with Crippen LogP contribution in [0.15, 0.2) is 53.4 Å². The van der Waals surface area contributed by atoms with Gasteiger partial charge in [-0.05, 0) is 56.5 Å². The van der Waals surface area contributed by atoms with Crippen LogP contribution in [0.4, 0.5) is 16.2 Å². The fourth-order valence-corrected chi connectivity index (χ4v) is 2.67. The Morgan fingerprint density at radius 2 is 1.83 bits per heavy atom. The zero-order chi connectivity index (χ0) is 16.7. The van der Waals surface area contributed by atoms with Gasteiger partial charge in [-0.1, -0.05) is 6.07 Å². The number of hydrogen-bond donors (Lipinski definition) is 1. The molecule has 0 bridgehead atoms. The second kappa shape index (κ2) is 8.48. The van der Waals surface area contributed by atoms with E-state index in [9.17, 15) is 4.79 Å². The molecule has 2 aromatic carbocycles. The molecule has 0 aliphatic rings. The van der Waals surface area contributed by atoms with Crippen molar-refractivity contribution in [3.05, 3.63) is 48.5 Å². The van der Waals surface area contributed by atoms with Crippen molar-refractivity contribution < 1.29 is 9.53 Å². The molecule has 122 valence electrons. The molecule has 4 nitrogen and oxygen atoms in total. The lowest BCUT2D eigenvalue weighted by molar-refractivity contribution is 0.215. The average molecular weight is 330 g/mol. The van der Waals surface area contributed by atoms with Crippen LogP contribution in [0.1, 0.15) is 13.8 Å². The minimum absolute atomic E-state index is 0.487. The molecule has 1 amide bonds. The average Bonchev–Trinajstić information content (AvgIpc) is 2.57. The van der Waals surface area contributed by atoms with Crippen molar-refractivity contribution in [2.45, 2.75) is 18.7 Å². The third-order valence-electron chi connectivity index (χ3n) is 3.49. The lowest BCUT2D eigenvalue weighted by atomic mass is 10.2. The second-order valence-corrected chi connectivity index (χ2v) is 5.79. The summed E-state index contributed by atoms with van der Waals surface area (Å²) in [5.41, 5.74) is 1.76. The molecule has 23 heavy (non-hydrogen) atoms. The minimum atomic E-state index is -0.487. The summed E-state index contributed by atoms with van der Waals surface area (Å²) in [4.78, 5) is 15.4. The summed E-state index contributed by atoms with van der Waals surface area (Å²) >= 11 is 1.66. The molecule has 0 fully saturated rings. The van der Waals surface area contributed by atoms with E-state index in [1.54, 1.807) is 17.8 Å². The first-order valence-electron chi connectivity index (χ1n) is 7.64. The number of ether oxygens (including phenoxy) is 1. The summed E-state index contributed by atoms with van der Waals surface area (Å²) in [6.45, 7) is 6.02. The number of rotatable bonds is 6. The Morgan fingerprint density at radius 1 is 1.13 bits per heavy atom. The van der Waals surface area contributed by atoms with E-state index in [1.807, 2.05) is 48.7 Å². The molecule has 0 aliphatic carbocycles. The van der Waals surface area contributed by atoms with Gasteiger partial charge >= 0.3 is 6.09 Å². The van der Waals surface area contributed by atoms with Crippen LogP contribution in [-0.4, -0.2) is 25.4 Å². The molecule has 2 aromatic rings. The summed E-state index contributed by atoms with van der Waals surface area (Å²) in [6.07, 6.45) is 1.53. The molecule has 5 heteroatoms. The second-order valence-electron chi connectivity index (χ2n) is 4.91. The number of thioether (sulfide) groups is 1. The van der Waals surface area contributed by atoms with Gasteiger partial charge in [0.05, 0.1) is 0 Å². The third kappa shape index (κ3) is 4.93.